The Morgan fingerprint density at radius 2 is 1.86 bits per heavy atom. The van der Waals surface area contributed by atoms with E-state index in [1.807, 2.05) is 12.1 Å². The number of amides is 1. The molecule has 0 bridgehead atoms. The number of piperidine rings is 1. The van der Waals surface area contributed by atoms with Crippen LogP contribution in [0.5, 0.6) is 5.75 Å². The molecule has 1 aromatic rings. The van der Waals surface area contributed by atoms with Crippen LogP contribution in [-0.4, -0.2) is 97.7 Å². The van der Waals surface area contributed by atoms with E-state index < -0.39 is 18.4 Å². The predicted octanol–water partition coefficient (Wildman–Crippen LogP) is 3.92. The number of hydrogen-bond acceptors (Lipinski definition) is 6. The van der Waals surface area contributed by atoms with Crippen molar-refractivity contribution < 1.29 is 32.2 Å². The number of ether oxygens (including phenoxy) is 3. The highest BCUT2D eigenvalue weighted by molar-refractivity contribution is 5.68. The number of morpholine rings is 1. The molecule has 3 fully saturated rings. The fourth-order valence-corrected chi connectivity index (χ4v) is 5.28. The van der Waals surface area contributed by atoms with Gasteiger partial charge in [0.15, 0.2) is 6.10 Å². The lowest BCUT2D eigenvalue weighted by Gasteiger charge is -2.45. The molecule has 3 aliphatic heterocycles. The molecule has 196 valence electrons. The Morgan fingerprint density at radius 1 is 1.11 bits per heavy atom. The van der Waals surface area contributed by atoms with Gasteiger partial charge in [0, 0.05) is 44.8 Å². The number of nitrogens with zero attached hydrogens (tertiary/aromatic N) is 3. The van der Waals surface area contributed by atoms with Crippen LogP contribution in [-0.2, 0) is 16.0 Å². The molecule has 1 unspecified atom stereocenters. The zero-order valence-electron chi connectivity index (χ0n) is 20.4. The first kappa shape index (κ1) is 26.0. The molecule has 7 nitrogen and oxygen atoms in total. The van der Waals surface area contributed by atoms with Gasteiger partial charge in [-0.15, -0.1) is 0 Å². The van der Waals surface area contributed by atoms with E-state index in [1.165, 1.54) is 10.5 Å². The molecule has 3 heterocycles. The lowest BCUT2D eigenvalue weighted by atomic mass is 9.85. The van der Waals surface area contributed by atoms with Crippen LogP contribution in [0, 0.1) is 0 Å². The summed E-state index contributed by atoms with van der Waals surface area (Å²) in [7, 11) is 0. The SMILES string of the molecule is CC(OC(=O)N1CCC2(CCCN2Cc2cccc(OCCN3CCOCC3)c2)CC1)C(F)(F)F. The topological polar surface area (TPSA) is 54.5 Å². The van der Waals surface area contributed by atoms with E-state index in [0.29, 0.717) is 19.7 Å². The van der Waals surface area contributed by atoms with Crippen LogP contribution < -0.4 is 4.74 Å². The molecule has 10 heteroatoms. The first-order chi connectivity index (χ1) is 16.7. The Kier molecular flexibility index (Phi) is 8.44. The summed E-state index contributed by atoms with van der Waals surface area (Å²) in [6.07, 6.45) is -3.95. The van der Waals surface area contributed by atoms with Crippen LogP contribution in [0.4, 0.5) is 18.0 Å². The summed E-state index contributed by atoms with van der Waals surface area (Å²) in [4.78, 5) is 18.4. The van der Waals surface area contributed by atoms with E-state index in [4.69, 9.17) is 9.47 Å². The molecule has 1 amide bonds. The quantitative estimate of drug-likeness (QED) is 0.567. The third-order valence-electron chi connectivity index (χ3n) is 7.48. The average Bonchev–Trinajstić information content (AvgIpc) is 3.21. The molecular weight excluding hydrogens is 463 g/mol. The molecule has 0 aromatic heterocycles. The smallest absolute Gasteiger partial charge is 0.425 e. The molecule has 0 saturated carbocycles. The van der Waals surface area contributed by atoms with Crippen molar-refractivity contribution >= 4 is 6.09 Å². The first-order valence-electron chi connectivity index (χ1n) is 12.5. The predicted molar refractivity (Wildman–Crippen MR) is 124 cm³/mol. The standard InChI is InChI=1S/C25H36F3N3O4/c1-20(25(26,27)28)35-23(32)30-10-7-24(8-11-30)6-3-9-31(24)19-21-4-2-5-22(18-21)34-17-14-29-12-15-33-16-13-29/h2,4-5,18,20H,3,6-17,19H2,1H3. The third-order valence-corrected chi connectivity index (χ3v) is 7.48. The minimum atomic E-state index is -4.55. The van der Waals surface area contributed by atoms with E-state index in [9.17, 15) is 18.0 Å². The Morgan fingerprint density at radius 3 is 2.57 bits per heavy atom. The van der Waals surface area contributed by atoms with Gasteiger partial charge in [-0.25, -0.2) is 4.79 Å². The van der Waals surface area contributed by atoms with Gasteiger partial charge in [0.2, 0.25) is 0 Å². The van der Waals surface area contributed by atoms with Crippen LogP contribution >= 0.6 is 0 Å². The number of benzene rings is 1. The molecular formula is C25H36F3N3O4. The second-order valence-electron chi connectivity index (χ2n) is 9.75. The number of alkyl halides is 3. The highest BCUT2D eigenvalue weighted by Crippen LogP contribution is 2.40. The second kappa shape index (κ2) is 11.3. The lowest BCUT2D eigenvalue weighted by Crippen LogP contribution is -2.53. The second-order valence-corrected chi connectivity index (χ2v) is 9.75. The van der Waals surface area contributed by atoms with E-state index in [1.54, 1.807) is 0 Å². The number of rotatable bonds is 7. The van der Waals surface area contributed by atoms with Crippen LogP contribution in [0.1, 0.15) is 38.2 Å². The van der Waals surface area contributed by atoms with Crippen molar-refractivity contribution in [3.8, 4) is 5.75 Å². The summed E-state index contributed by atoms with van der Waals surface area (Å²) < 4.78 is 54.2. The fraction of sp³-hybridized carbons (Fsp3) is 0.720. The Hall–Kier alpha value is -2.04. The molecule has 0 N–H and O–H groups in total. The van der Waals surface area contributed by atoms with Crippen molar-refractivity contribution in [2.45, 2.75) is 57.0 Å². The maximum Gasteiger partial charge on any atom is 0.425 e. The van der Waals surface area contributed by atoms with Crippen LogP contribution in [0.15, 0.2) is 24.3 Å². The summed E-state index contributed by atoms with van der Waals surface area (Å²) >= 11 is 0. The zero-order chi connectivity index (χ0) is 24.9. The zero-order valence-corrected chi connectivity index (χ0v) is 20.4. The normalized spacial score (nSPS) is 22.3. The summed E-state index contributed by atoms with van der Waals surface area (Å²) in [6.45, 7) is 8.39. The number of carbonyl (C=O) groups is 1. The number of halogens is 3. The van der Waals surface area contributed by atoms with Gasteiger partial charge < -0.3 is 19.1 Å². The lowest BCUT2D eigenvalue weighted by molar-refractivity contribution is -0.200. The van der Waals surface area contributed by atoms with Crippen LogP contribution in [0.2, 0.25) is 0 Å². The summed E-state index contributed by atoms with van der Waals surface area (Å²) in [5.41, 5.74) is 1.15. The van der Waals surface area contributed by atoms with Crippen molar-refractivity contribution in [2.75, 3.05) is 59.1 Å². The van der Waals surface area contributed by atoms with Crippen molar-refractivity contribution in [1.29, 1.82) is 0 Å². The Bertz CT molecular complexity index is 839. The molecule has 4 rings (SSSR count). The molecule has 1 aromatic carbocycles. The van der Waals surface area contributed by atoms with Gasteiger partial charge >= 0.3 is 12.3 Å². The van der Waals surface area contributed by atoms with Crippen LogP contribution in [0.25, 0.3) is 0 Å². The number of hydrogen-bond donors (Lipinski definition) is 0. The Labute approximate surface area is 205 Å². The number of likely N-dealkylation sites (tertiary alicyclic amines) is 2. The number of carbonyl (C=O) groups excluding carboxylic acids is 1. The average molecular weight is 500 g/mol. The first-order valence-corrected chi connectivity index (χ1v) is 12.5. The van der Waals surface area contributed by atoms with Gasteiger partial charge in [-0.2, -0.15) is 13.2 Å². The summed E-state index contributed by atoms with van der Waals surface area (Å²) in [5, 5.41) is 0. The van der Waals surface area contributed by atoms with E-state index in [2.05, 4.69) is 26.7 Å². The van der Waals surface area contributed by atoms with Gasteiger partial charge in [0.05, 0.1) is 13.2 Å². The Balaban J connectivity index is 1.28. The molecule has 35 heavy (non-hydrogen) atoms. The molecule has 3 saturated heterocycles. The monoisotopic (exact) mass is 499 g/mol. The minimum Gasteiger partial charge on any atom is -0.492 e. The van der Waals surface area contributed by atoms with Gasteiger partial charge in [0.25, 0.3) is 0 Å². The van der Waals surface area contributed by atoms with Crippen molar-refractivity contribution in [3.05, 3.63) is 29.8 Å². The van der Waals surface area contributed by atoms with Gasteiger partial charge in [0.1, 0.15) is 12.4 Å². The molecule has 1 spiro atoms. The van der Waals surface area contributed by atoms with Crippen molar-refractivity contribution in [1.82, 2.24) is 14.7 Å². The van der Waals surface area contributed by atoms with Gasteiger partial charge in [-0.1, -0.05) is 12.1 Å². The molecule has 0 aliphatic carbocycles. The van der Waals surface area contributed by atoms with Gasteiger partial charge in [-0.05, 0) is 56.8 Å². The molecule has 0 radical (unpaired) electrons. The van der Waals surface area contributed by atoms with Crippen molar-refractivity contribution in [3.63, 3.8) is 0 Å². The summed E-state index contributed by atoms with van der Waals surface area (Å²) in [5.74, 6) is 0.861. The fourth-order valence-electron chi connectivity index (χ4n) is 5.28. The minimum absolute atomic E-state index is 0.0282. The third kappa shape index (κ3) is 6.80. The molecule has 3 aliphatic rings. The van der Waals surface area contributed by atoms with Gasteiger partial charge in [-0.3, -0.25) is 9.80 Å². The highest BCUT2D eigenvalue weighted by Gasteiger charge is 2.45. The maximum atomic E-state index is 12.7. The van der Waals surface area contributed by atoms with Crippen LogP contribution in [0.3, 0.4) is 0 Å². The maximum absolute atomic E-state index is 12.7. The van der Waals surface area contributed by atoms with E-state index in [-0.39, 0.29) is 5.54 Å². The van der Waals surface area contributed by atoms with Crippen molar-refractivity contribution in [2.24, 2.45) is 0 Å². The summed E-state index contributed by atoms with van der Waals surface area (Å²) in [6, 6.07) is 8.19. The highest BCUT2D eigenvalue weighted by atomic mass is 19.4. The largest absolute Gasteiger partial charge is 0.492 e. The molecule has 1 atom stereocenters. The van der Waals surface area contributed by atoms with E-state index in [0.717, 1.165) is 84.3 Å². The van der Waals surface area contributed by atoms with E-state index >= 15 is 0 Å².